The first kappa shape index (κ1) is 13.4. The van der Waals surface area contributed by atoms with Gasteiger partial charge in [-0.3, -0.25) is 0 Å². The Morgan fingerprint density at radius 1 is 1.16 bits per heavy atom. The summed E-state index contributed by atoms with van der Waals surface area (Å²) in [5, 5.41) is 3.24. The highest BCUT2D eigenvalue weighted by atomic mass is 32.1. The molecule has 0 spiro atoms. The monoisotopic (exact) mass is 271 g/mol. The van der Waals surface area contributed by atoms with Gasteiger partial charge in [0.15, 0.2) is 5.11 Å². The largest absolute Gasteiger partial charge is 0.398 e. The van der Waals surface area contributed by atoms with Crippen molar-refractivity contribution in [1.29, 1.82) is 0 Å². The third-order valence-corrected chi connectivity index (χ3v) is 3.07. The van der Waals surface area contributed by atoms with Crippen LogP contribution in [0.15, 0.2) is 36.4 Å². The van der Waals surface area contributed by atoms with Crippen LogP contribution in [0.3, 0.4) is 0 Å². The van der Waals surface area contributed by atoms with Crippen LogP contribution in [-0.4, -0.2) is 5.11 Å². The normalized spacial score (nSPS) is 10.2. The quantitative estimate of drug-likeness (QED) is 0.579. The number of hydrogen-bond acceptors (Lipinski definition) is 2. The lowest BCUT2D eigenvalue weighted by Gasteiger charge is -2.15. The lowest BCUT2D eigenvalue weighted by Crippen LogP contribution is -2.19. The molecule has 0 aliphatic carbocycles. The molecule has 2 rings (SSSR count). The molecule has 0 aliphatic heterocycles. The van der Waals surface area contributed by atoms with Crippen molar-refractivity contribution < 1.29 is 0 Å². The predicted molar refractivity (Wildman–Crippen MR) is 86.2 cm³/mol. The van der Waals surface area contributed by atoms with Crippen molar-refractivity contribution in [2.24, 2.45) is 5.73 Å². The molecule has 4 heteroatoms. The molecule has 0 fully saturated rings. The average molecular weight is 271 g/mol. The second-order valence-electron chi connectivity index (χ2n) is 4.58. The molecule has 0 amide bonds. The Morgan fingerprint density at radius 3 is 2.47 bits per heavy atom. The van der Waals surface area contributed by atoms with E-state index in [1.54, 1.807) is 0 Å². The minimum Gasteiger partial charge on any atom is -0.398 e. The Kier molecular flexibility index (Phi) is 3.71. The van der Waals surface area contributed by atoms with E-state index in [1.807, 2.05) is 37.3 Å². The maximum atomic E-state index is 6.16. The van der Waals surface area contributed by atoms with Gasteiger partial charge in [-0.25, -0.2) is 0 Å². The van der Waals surface area contributed by atoms with Crippen LogP contribution in [0.4, 0.5) is 11.4 Å². The number of anilines is 2. The van der Waals surface area contributed by atoms with Gasteiger partial charge < -0.3 is 16.8 Å². The summed E-state index contributed by atoms with van der Waals surface area (Å²) >= 11 is 4.91. The molecule has 5 N–H and O–H groups in total. The molecule has 0 saturated heterocycles. The number of rotatable bonds is 2. The molecule has 98 valence electrons. The van der Waals surface area contributed by atoms with Crippen molar-refractivity contribution >= 4 is 28.7 Å². The molecule has 0 aromatic heterocycles. The Labute approximate surface area is 118 Å². The van der Waals surface area contributed by atoms with Gasteiger partial charge in [0, 0.05) is 22.5 Å². The van der Waals surface area contributed by atoms with Crippen LogP contribution in [0.2, 0.25) is 0 Å². The number of nitrogens with one attached hydrogen (secondary N) is 1. The molecule has 0 saturated carbocycles. The first-order chi connectivity index (χ1) is 8.99. The van der Waals surface area contributed by atoms with E-state index in [0.717, 1.165) is 33.6 Å². The Hall–Kier alpha value is -2.07. The molecular formula is C15H17N3S. The van der Waals surface area contributed by atoms with E-state index in [1.165, 1.54) is 0 Å². The highest BCUT2D eigenvalue weighted by Crippen LogP contribution is 2.35. The molecule has 0 radical (unpaired) electrons. The second-order valence-corrected chi connectivity index (χ2v) is 5.02. The predicted octanol–water partition coefficient (Wildman–Crippen LogP) is 3.21. The van der Waals surface area contributed by atoms with Gasteiger partial charge in [-0.1, -0.05) is 24.3 Å². The fraction of sp³-hybridized carbons (Fsp3) is 0.133. The van der Waals surface area contributed by atoms with E-state index in [-0.39, 0.29) is 5.11 Å². The lowest BCUT2D eigenvalue weighted by molar-refractivity contribution is 1.38. The lowest BCUT2D eigenvalue weighted by atomic mass is 9.95. The van der Waals surface area contributed by atoms with Crippen LogP contribution in [0.5, 0.6) is 0 Å². The summed E-state index contributed by atoms with van der Waals surface area (Å²) in [7, 11) is 0. The number of nitrogens with two attached hydrogens (primary N) is 2. The van der Waals surface area contributed by atoms with Crippen LogP contribution in [0.1, 0.15) is 11.1 Å². The van der Waals surface area contributed by atoms with Crippen molar-refractivity contribution in [3.05, 3.63) is 47.5 Å². The minimum absolute atomic E-state index is 0.246. The third kappa shape index (κ3) is 2.85. The fourth-order valence-electron chi connectivity index (χ4n) is 2.31. The summed E-state index contributed by atoms with van der Waals surface area (Å²) in [6.45, 7) is 4.09. The van der Waals surface area contributed by atoms with Gasteiger partial charge in [-0.15, -0.1) is 0 Å². The highest BCUT2D eigenvalue weighted by molar-refractivity contribution is 7.80. The smallest absolute Gasteiger partial charge is 0.168 e. The Balaban J connectivity index is 2.62. The zero-order valence-electron chi connectivity index (χ0n) is 11.0. The van der Waals surface area contributed by atoms with E-state index >= 15 is 0 Å². The van der Waals surface area contributed by atoms with E-state index in [2.05, 4.69) is 18.3 Å². The fourth-order valence-corrected chi connectivity index (χ4v) is 2.42. The minimum atomic E-state index is 0.246. The van der Waals surface area contributed by atoms with Crippen molar-refractivity contribution in [1.82, 2.24) is 0 Å². The van der Waals surface area contributed by atoms with Crippen LogP contribution in [-0.2, 0) is 0 Å². The van der Waals surface area contributed by atoms with Gasteiger partial charge in [-0.05, 0) is 49.3 Å². The molecule has 2 aromatic rings. The van der Waals surface area contributed by atoms with Crippen molar-refractivity contribution in [3.8, 4) is 11.1 Å². The molecule has 19 heavy (non-hydrogen) atoms. The molecule has 0 unspecified atom stereocenters. The molecule has 0 aliphatic rings. The van der Waals surface area contributed by atoms with E-state index in [4.69, 9.17) is 23.7 Å². The Morgan fingerprint density at radius 2 is 1.84 bits per heavy atom. The third-order valence-electron chi connectivity index (χ3n) is 2.96. The summed E-state index contributed by atoms with van der Waals surface area (Å²) in [5.41, 5.74) is 17.7. The van der Waals surface area contributed by atoms with Gasteiger partial charge in [-0.2, -0.15) is 0 Å². The summed E-state index contributed by atoms with van der Waals surface area (Å²) in [6, 6.07) is 11.9. The summed E-state index contributed by atoms with van der Waals surface area (Å²) in [5.74, 6) is 0. The number of benzene rings is 2. The van der Waals surface area contributed by atoms with Gasteiger partial charge in [0.2, 0.25) is 0 Å². The zero-order chi connectivity index (χ0) is 14.0. The SMILES string of the molecule is Cc1cc(C)c(-c2ccccc2NC(N)=S)c(N)c1. The first-order valence-electron chi connectivity index (χ1n) is 6.01. The van der Waals surface area contributed by atoms with Gasteiger partial charge in [0.05, 0.1) is 0 Å². The van der Waals surface area contributed by atoms with Gasteiger partial charge in [0.1, 0.15) is 0 Å². The first-order valence-corrected chi connectivity index (χ1v) is 6.42. The standard InChI is InChI=1S/C15H17N3S/c1-9-7-10(2)14(12(16)8-9)11-5-3-4-6-13(11)18-15(17)19/h3-8H,16H2,1-2H3,(H3,17,18,19). The number of thiocarbonyl (C=S) groups is 1. The number of nitrogen functional groups attached to an aromatic ring is 1. The van der Waals surface area contributed by atoms with E-state index in [9.17, 15) is 0 Å². The van der Waals surface area contributed by atoms with Crippen molar-refractivity contribution in [2.45, 2.75) is 13.8 Å². The van der Waals surface area contributed by atoms with E-state index in [0.29, 0.717) is 0 Å². The highest BCUT2D eigenvalue weighted by Gasteiger charge is 2.11. The number of hydrogen-bond donors (Lipinski definition) is 3. The van der Waals surface area contributed by atoms with Crippen LogP contribution >= 0.6 is 12.2 Å². The zero-order valence-corrected chi connectivity index (χ0v) is 11.8. The molecule has 0 atom stereocenters. The topological polar surface area (TPSA) is 64.1 Å². The molecule has 0 heterocycles. The van der Waals surface area contributed by atoms with Gasteiger partial charge in [0.25, 0.3) is 0 Å². The van der Waals surface area contributed by atoms with Crippen LogP contribution in [0.25, 0.3) is 11.1 Å². The maximum Gasteiger partial charge on any atom is 0.168 e. The number of para-hydroxylation sites is 1. The molecule has 0 bridgehead atoms. The summed E-state index contributed by atoms with van der Waals surface area (Å²) in [4.78, 5) is 0. The molecule has 2 aromatic carbocycles. The molecule has 3 nitrogen and oxygen atoms in total. The number of aryl methyl sites for hydroxylation is 2. The van der Waals surface area contributed by atoms with Crippen molar-refractivity contribution in [3.63, 3.8) is 0 Å². The molecular weight excluding hydrogens is 254 g/mol. The Bertz CT molecular complexity index is 612. The van der Waals surface area contributed by atoms with Crippen LogP contribution in [0, 0.1) is 13.8 Å². The van der Waals surface area contributed by atoms with E-state index < -0.39 is 0 Å². The van der Waals surface area contributed by atoms with Crippen molar-refractivity contribution in [2.75, 3.05) is 11.1 Å². The maximum absolute atomic E-state index is 6.16. The summed E-state index contributed by atoms with van der Waals surface area (Å²) < 4.78 is 0. The van der Waals surface area contributed by atoms with Crippen LogP contribution < -0.4 is 16.8 Å². The average Bonchev–Trinajstić information content (AvgIpc) is 2.29. The second kappa shape index (κ2) is 5.28. The summed E-state index contributed by atoms with van der Waals surface area (Å²) in [6.07, 6.45) is 0. The van der Waals surface area contributed by atoms with Gasteiger partial charge >= 0.3 is 0 Å².